The van der Waals surface area contributed by atoms with Crippen molar-refractivity contribution in [2.45, 2.75) is 46.2 Å². The molecule has 0 fully saturated rings. The lowest BCUT2D eigenvalue weighted by Gasteiger charge is -2.22. The van der Waals surface area contributed by atoms with Crippen LogP contribution in [0.2, 0.25) is 0 Å². The molecular formula is C18H25N5O. The summed E-state index contributed by atoms with van der Waals surface area (Å²) >= 11 is 0. The second-order valence-electron chi connectivity index (χ2n) is 6.10. The third kappa shape index (κ3) is 3.42. The van der Waals surface area contributed by atoms with Crippen LogP contribution in [0, 0.1) is 0 Å². The number of nitrogens with zero attached hydrogens (tertiary/aromatic N) is 4. The van der Waals surface area contributed by atoms with Crippen LogP contribution < -0.4 is 10.2 Å². The highest BCUT2D eigenvalue weighted by atomic mass is 16.1. The molecule has 0 aliphatic carbocycles. The van der Waals surface area contributed by atoms with Crippen molar-refractivity contribution in [3.05, 3.63) is 41.5 Å². The summed E-state index contributed by atoms with van der Waals surface area (Å²) in [5, 5.41) is 11.3. The van der Waals surface area contributed by atoms with E-state index in [1.54, 1.807) is 0 Å². The van der Waals surface area contributed by atoms with E-state index in [9.17, 15) is 4.79 Å². The molecule has 128 valence electrons. The molecule has 24 heavy (non-hydrogen) atoms. The number of fused-ring (bicyclic) bond motifs is 1. The van der Waals surface area contributed by atoms with Crippen LogP contribution in [0.4, 0.5) is 5.69 Å². The van der Waals surface area contributed by atoms with Gasteiger partial charge in [0.1, 0.15) is 5.82 Å². The summed E-state index contributed by atoms with van der Waals surface area (Å²) in [6, 6.07) is 7.81. The van der Waals surface area contributed by atoms with Crippen LogP contribution in [0.1, 0.15) is 48.7 Å². The molecule has 0 saturated carbocycles. The van der Waals surface area contributed by atoms with Gasteiger partial charge in [0.25, 0.3) is 5.91 Å². The number of carbonyl (C=O) groups is 1. The quantitative estimate of drug-likeness (QED) is 0.848. The molecule has 1 aromatic carbocycles. The predicted molar refractivity (Wildman–Crippen MR) is 94.1 cm³/mol. The number of benzene rings is 1. The van der Waals surface area contributed by atoms with E-state index in [2.05, 4.69) is 38.8 Å². The average molecular weight is 327 g/mol. The van der Waals surface area contributed by atoms with E-state index in [1.165, 1.54) is 0 Å². The summed E-state index contributed by atoms with van der Waals surface area (Å²) in [5.74, 6) is 1.79. The molecule has 1 aromatic heterocycles. The van der Waals surface area contributed by atoms with Gasteiger partial charge in [0, 0.05) is 37.3 Å². The minimum Gasteiger partial charge on any atom is -0.372 e. The monoisotopic (exact) mass is 327 g/mol. The van der Waals surface area contributed by atoms with E-state index in [0.29, 0.717) is 12.1 Å². The van der Waals surface area contributed by atoms with E-state index in [4.69, 9.17) is 0 Å². The third-order valence-electron chi connectivity index (χ3n) is 4.46. The number of anilines is 1. The Morgan fingerprint density at radius 2 is 2.04 bits per heavy atom. The molecule has 2 heterocycles. The summed E-state index contributed by atoms with van der Waals surface area (Å²) in [6.45, 7) is 7.69. The van der Waals surface area contributed by atoms with Crippen molar-refractivity contribution >= 4 is 11.6 Å². The standard InChI is InChI=1S/C18H25N5O/c1-3-11-22(4-2)15-9-7-14(8-10-15)18(24)19-13-17-21-20-16-6-5-12-23(16)17/h7-10H,3-6,11-13H2,1-2H3,(H,19,24). The normalized spacial score (nSPS) is 12.9. The Kier molecular flexibility index (Phi) is 5.13. The van der Waals surface area contributed by atoms with Gasteiger partial charge in [0.2, 0.25) is 0 Å². The van der Waals surface area contributed by atoms with Gasteiger partial charge in [-0.2, -0.15) is 0 Å². The first kappa shape index (κ1) is 16.5. The first-order chi connectivity index (χ1) is 11.7. The minimum absolute atomic E-state index is 0.0737. The van der Waals surface area contributed by atoms with Crippen molar-refractivity contribution in [1.82, 2.24) is 20.1 Å². The molecule has 0 radical (unpaired) electrons. The molecule has 1 amide bonds. The fourth-order valence-corrected chi connectivity index (χ4v) is 3.17. The third-order valence-corrected chi connectivity index (χ3v) is 4.46. The molecule has 1 aliphatic heterocycles. The first-order valence-corrected chi connectivity index (χ1v) is 8.77. The lowest BCUT2D eigenvalue weighted by Crippen LogP contribution is -2.25. The molecule has 2 aromatic rings. The summed E-state index contributed by atoms with van der Waals surface area (Å²) in [5.41, 5.74) is 1.83. The fourth-order valence-electron chi connectivity index (χ4n) is 3.17. The zero-order valence-electron chi connectivity index (χ0n) is 14.5. The highest BCUT2D eigenvalue weighted by Gasteiger charge is 2.17. The second kappa shape index (κ2) is 7.47. The Bertz CT molecular complexity index is 692. The largest absolute Gasteiger partial charge is 0.372 e. The Balaban J connectivity index is 1.60. The molecule has 0 bridgehead atoms. The predicted octanol–water partition coefficient (Wildman–Crippen LogP) is 2.39. The summed E-state index contributed by atoms with van der Waals surface area (Å²) in [7, 11) is 0. The van der Waals surface area contributed by atoms with Gasteiger partial charge in [-0.25, -0.2) is 0 Å². The van der Waals surface area contributed by atoms with Gasteiger partial charge in [-0.15, -0.1) is 10.2 Å². The number of hydrogen-bond donors (Lipinski definition) is 1. The first-order valence-electron chi connectivity index (χ1n) is 8.77. The van der Waals surface area contributed by atoms with Gasteiger partial charge in [-0.1, -0.05) is 6.92 Å². The van der Waals surface area contributed by atoms with Crippen LogP contribution in [0.15, 0.2) is 24.3 Å². The Hall–Kier alpha value is -2.37. The summed E-state index contributed by atoms with van der Waals surface area (Å²) < 4.78 is 2.10. The van der Waals surface area contributed by atoms with Gasteiger partial charge < -0.3 is 14.8 Å². The zero-order valence-corrected chi connectivity index (χ0v) is 14.5. The molecule has 6 nitrogen and oxygen atoms in total. The van der Waals surface area contributed by atoms with Crippen LogP contribution in [0.5, 0.6) is 0 Å². The molecule has 1 aliphatic rings. The lowest BCUT2D eigenvalue weighted by atomic mass is 10.1. The highest BCUT2D eigenvalue weighted by molar-refractivity contribution is 5.94. The number of hydrogen-bond acceptors (Lipinski definition) is 4. The van der Waals surface area contributed by atoms with Crippen LogP contribution in [0.3, 0.4) is 0 Å². The molecule has 3 rings (SSSR count). The fraction of sp³-hybridized carbons (Fsp3) is 0.500. The maximum atomic E-state index is 12.3. The minimum atomic E-state index is -0.0737. The Morgan fingerprint density at radius 3 is 2.75 bits per heavy atom. The van der Waals surface area contributed by atoms with Gasteiger partial charge in [0.15, 0.2) is 5.82 Å². The molecule has 0 unspecified atom stereocenters. The molecule has 0 spiro atoms. The molecule has 0 atom stereocenters. The van der Waals surface area contributed by atoms with Gasteiger partial charge >= 0.3 is 0 Å². The number of aromatic nitrogens is 3. The maximum absolute atomic E-state index is 12.3. The highest BCUT2D eigenvalue weighted by Crippen LogP contribution is 2.16. The van der Waals surface area contributed by atoms with Crippen molar-refractivity contribution in [2.24, 2.45) is 0 Å². The van der Waals surface area contributed by atoms with Crippen molar-refractivity contribution in [1.29, 1.82) is 0 Å². The van der Waals surface area contributed by atoms with Crippen LogP contribution in [0.25, 0.3) is 0 Å². The van der Waals surface area contributed by atoms with Gasteiger partial charge in [0.05, 0.1) is 6.54 Å². The topological polar surface area (TPSA) is 63.1 Å². The van der Waals surface area contributed by atoms with Crippen LogP contribution >= 0.6 is 0 Å². The second-order valence-corrected chi connectivity index (χ2v) is 6.10. The number of amides is 1. The number of nitrogens with one attached hydrogen (secondary N) is 1. The van der Waals surface area contributed by atoms with Crippen LogP contribution in [-0.4, -0.2) is 33.8 Å². The summed E-state index contributed by atoms with van der Waals surface area (Å²) in [6.07, 6.45) is 3.20. The number of aryl methyl sites for hydroxylation is 1. The zero-order chi connectivity index (χ0) is 16.9. The van der Waals surface area contributed by atoms with Crippen molar-refractivity contribution < 1.29 is 4.79 Å². The number of rotatable bonds is 7. The Morgan fingerprint density at radius 1 is 1.25 bits per heavy atom. The molecular weight excluding hydrogens is 302 g/mol. The average Bonchev–Trinajstić information content (AvgIpc) is 3.22. The lowest BCUT2D eigenvalue weighted by molar-refractivity contribution is 0.0949. The van der Waals surface area contributed by atoms with Gasteiger partial charge in [-0.3, -0.25) is 4.79 Å². The van der Waals surface area contributed by atoms with Crippen molar-refractivity contribution in [3.63, 3.8) is 0 Å². The van der Waals surface area contributed by atoms with Crippen LogP contribution in [-0.2, 0) is 19.5 Å². The van der Waals surface area contributed by atoms with E-state index in [0.717, 1.165) is 56.2 Å². The van der Waals surface area contributed by atoms with Crippen molar-refractivity contribution in [3.8, 4) is 0 Å². The number of carbonyl (C=O) groups excluding carboxylic acids is 1. The van der Waals surface area contributed by atoms with E-state index in [-0.39, 0.29) is 5.91 Å². The molecule has 0 saturated heterocycles. The van der Waals surface area contributed by atoms with Crippen molar-refractivity contribution in [2.75, 3.05) is 18.0 Å². The molecule has 6 heteroatoms. The molecule has 1 N–H and O–H groups in total. The SMILES string of the molecule is CCCN(CC)c1ccc(C(=O)NCc2nnc3n2CCC3)cc1. The smallest absolute Gasteiger partial charge is 0.251 e. The van der Waals surface area contributed by atoms with E-state index >= 15 is 0 Å². The van der Waals surface area contributed by atoms with E-state index in [1.807, 2.05) is 24.3 Å². The summed E-state index contributed by atoms with van der Waals surface area (Å²) in [4.78, 5) is 14.6. The van der Waals surface area contributed by atoms with Gasteiger partial charge in [-0.05, 0) is 44.0 Å². The maximum Gasteiger partial charge on any atom is 0.251 e. The Labute approximate surface area is 142 Å². The van der Waals surface area contributed by atoms with E-state index < -0.39 is 0 Å².